The Kier molecular flexibility index (Phi) is 12.7. The molecule has 0 atom stereocenters. The molecule has 14 rings (SSSR count). The van der Waals surface area contributed by atoms with E-state index in [4.69, 9.17) is 0 Å². The lowest BCUT2D eigenvalue weighted by atomic mass is 9.78. The van der Waals surface area contributed by atoms with E-state index in [9.17, 15) is 0 Å². The lowest BCUT2D eigenvalue weighted by Crippen LogP contribution is -2.74. The predicted molar refractivity (Wildman–Crippen MR) is 347 cm³/mol. The van der Waals surface area contributed by atoms with Gasteiger partial charge < -0.3 is 4.90 Å². The quantitative estimate of drug-likeness (QED) is 0.0871. The van der Waals surface area contributed by atoms with Crippen molar-refractivity contribution in [2.24, 2.45) is 0 Å². The summed E-state index contributed by atoms with van der Waals surface area (Å²) in [4.78, 5) is 2.43. The van der Waals surface area contributed by atoms with Crippen LogP contribution in [0.3, 0.4) is 0 Å². The number of benzene rings is 13. The van der Waals surface area contributed by atoms with Crippen molar-refractivity contribution in [3.63, 3.8) is 0 Å². The summed E-state index contributed by atoms with van der Waals surface area (Å²) in [5.41, 5.74) is 20.5. The number of fused-ring (bicyclic) bond motifs is 4. The largest absolute Gasteiger partial charge is 0.310 e. The van der Waals surface area contributed by atoms with Crippen LogP contribution in [0.2, 0.25) is 0 Å². The summed E-state index contributed by atoms with van der Waals surface area (Å²) in [6, 6.07) is 119. The SMILES string of the molecule is CC1(C)c2cc(-c3ccc4c(-c5ccccc5)c(-c5ccccc5)c(-c5ccccc5)c(-c5ccccc5)c4c3)ccc2-c2ccc(N(c3ccccc3)c3ccc([Si](c4ccccc4)(c4ccccc4)c4ccccc4)cc3)cc21. The molecule has 0 spiro atoms. The van der Waals surface area contributed by atoms with Crippen LogP contribution < -0.4 is 25.6 Å². The van der Waals surface area contributed by atoms with Gasteiger partial charge in [0.1, 0.15) is 0 Å². The first kappa shape index (κ1) is 49.4. The van der Waals surface area contributed by atoms with Gasteiger partial charge in [-0.3, -0.25) is 0 Å². The Labute approximate surface area is 477 Å². The van der Waals surface area contributed by atoms with Gasteiger partial charge in [0.05, 0.1) is 0 Å². The molecule has 0 N–H and O–H groups in total. The predicted octanol–water partition coefficient (Wildman–Crippen LogP) is 18.3. The maximum atomic E-state index is 2.48. The molecule has 1 aliphatic carbocycles. The minimum atomic E-state index is -2.71. The van der Waals surface area contributed by atoms with E-state index in [0.29, 0.717) is 0 Å². The minimum Gasteiger partial charge on any atom is -0.310 e. The highest BCUT2D eigenvalue weighted by atomic mass is 28.3. The number of nitrogens with zero attached hydrogens (tertiary/aromatic N) is 1. The van der Waals surface area contributed by atoms with Gasteiger partial charge in [0.25, 0.3) is 0 Å². The molecule has 0 aliphatic heterocycles. The Morgan fingerprint density at radius 1 is 0.247 bits per heavy atom. The van der Waals surface area contributed by atoms with Crippen LogP contribution in [0, 0.1) is 0 Å². The molecule has 0 fully saturated rings. The van der Waals surface area contributed by atoms with E-state index in [-0.39, 0.29) is 5.41 Å². The molecule has 1 aliphatic rings. The van der Waals surface area contributed by atoms with Gasteiger partial charge in [-0.05, 0) is 158 Å². The number of para-hydroxylation sites is 1. The fourth-order valence-corrected chi connectivity index (χ4v) is 18.0. The molecule has 13 aromatic rings. The van der Waals surface area contributed by atoms with Crippen LogP contribution in [-0.4, -0.2) is 8.07 Å². The first-order chi connectivity index (χ1) is 40.0. The summed E-state index contributed by atoms with van der Waals surface area (Å²) in [6.45, 7) is 4.82. The number of anilines is 3. The van der Waals surface area contributed by atoms with Crippen molar-refractivity contribution < 1.29 is 0 Å². The van der Waals surface area contributed by atoms with Crippen molar-refractivity contribution in [2.45, 2.75) is 19.3 Å². The Balaban J connectivity index is 0.894. The zero-order chi connectivity index (χ0) is 54.3. The molecule has 2 heteroatoms. The Morgan fingerprint density at radius 3 is 1.05 bits per heavy atom. The Bertz CT molecular complexity index is 4260. The molecule has 0 radical (unpaired) electrons. The zero-order valence-corrected chi connectivity index (χ0v) is 46.5. The average molecular weight is 1050 g/mol. The lowest BCUT2D eigenvalue weighted by Gasteiger charge is -2.35. The molecule has 1 nitrogen and oxygen atoms in total. The van der Waals surface area contributed by atoms with Crippen molar-refractivity contribution >= 4 is 56.7 Å². The standard InChI is InChI=1S/C79H59NSi/c1-79(2)73-54-61(60-44-51-71-72(53-60)76(57-29-13-4-14-30-57)78(59-33-17-6-18-34-59)77(58-31-15-5-16-32-58)75(71)56-27-11-3-12-28-56)43-50-69(73)70-52-47-64(55-74(70)79)80(62-35-19-7-20-36-62)63-45-48-68(49-46-63)81(65-37-21-8-22-38-65,66-39-23-9-24-40-66)67-41-25-10-26-42-67/h3-55H,1-2H3. The first-order valence-electron chi connectivity index (χ1n) is 28.2. The molecule has 81 heavy (non-hydrogen) atoms. The number of rotatable bonds is 12. The van der Waals surface area contributed by atoms with Crippen molar-refractivity contribution in [3.8, 4) is 66.8 Å². The molecule has 0 aromatic heterocycles. The van der Waals surface area contributed by atoms with Gasteiger partial charge in [0.15, 0.2) is 8.07 Å². The van der Waals surface area contributed by atoms with Crippen molar-refractivity contribution in [2.75, 3.05) is 4.90 Å². The van der Waals surface area contributed by atoms with Gasteiger partial charge in [-0.1, -0.05) is 287 Å². The summed E-state index contributed by atoms with van der Waals surface area (Å²) in [5, 5.41) is 7.89. The maximum absolute atomic E-state index is 2.71. The van der Waals surface area contributed by atoms with Crippen LogP contribution in [0.4, 0.5) is 17.1 Å². The third-order valence-corrected chi connectivity index (χ3v) is 21.8. The van der Waals surface area contributed by atoms with E-state index in [0.717, 1.165) is 17.1 Å². The van der Waals surface area contributed by atoms with Gasteiger partial charge in [0, 0.05) is 22.5 Å². The van der Waals surface area contributed by atoms with Crippen molar-refractivity contribution in [1.82, 2.24) is 0 Å². The molecule has 0 saturated carbocycles. The molecule has 0 unspecified atom stereocenters. The lowest BCUT2D eigenvalue weighted by molar-refractivity contribution is 0.660. The average Bonchev–Trinajstić information content (AvgIpc) is 3.79. The summed E-state index contributed by atoms with van der Waals surface area (Å²) in [7, 11) is -2.71. The molecule has 0 saturated heterocycles. The van der Waals surface area contributed by atoms with Crippen LogP contribution in [0.5, 0.6) is 0 Å². The van der Waals surface area contributed by atoms with Crippen LogP contribution in [-0.2, 0) is 5.41 Å². The molecule has 13 aromatic carbocycles. The second-order valence-corrected chi connectivity index (χ2v) is 25.7. The second kappa shape index (κ2) is 20.7. The fraction of sp³-hybridized carbons (Fsp3) is 0.0380. The van der Waals surface area contributed by atoms with Crippen LogP contribution in [0.15, 0.2) is 322 Å². The first-order valence-corrected chi connectivity index (χ1v) is 30.2. The molecular weight excluding hydrogens is 991 g/mol. The Hall–Kier alpha value is -9.86. The topological polar surface area (TPSA) is 3.24 Å². The highest BCUT2D eigenvalue weighted by molar-refractivity contribution is 7.19. The van der Waals surface area contributed by atoms with Crippen molar-refractivity contribution in [1.29, 1.82) is 0 Å². The smallest absolute Gasteiger partial charge is 0.179 e. The monoisotopic (exact) mass is 1050 g/mol. The van der Waals surface area contributed by atoms with E-state index in [1.807, 2.05) is 0 Å². The van der Waals surface area contributed by atoms with E-state index in [1.165, 1.54) is 109 Å². The van der Waals surface area contributed by atoms with Crippen LogP contribution in [0.1, 0.15) is 25.0 Å². The highest BCUT2D eigenvalue weighted by Gasteiger charge is 2.42. The van der Waals surface area contributed by atoms with E-state index in [1.54, 1.807) is 0 Å². The summed E-state index contributed by atoms with van der Waals surface area (Å²) in [5.74, 6) is 0. The normalized spacial score (nSPS) is 12.4. The molecule has 0 amide bonds. The van der Waals surface area contributed by atoms with Gasteiger partial charge in [-0.2, -0.15) is 0 Å². The summed E-state index contributed by atoms with van der Waals surface area (Å²) in [6.07, 6.45) is 0. The van der Waals surface area contributed by atoms with E-state index in [2.05, 4.69) is 340 Å². The van der Waals surface area contributed by atoms with Crippen LogP contribution in [0.25, 0.3) is 77.5 Å². The van der Waals surface area contributed by atoms with Gasteiger partial charge in [-0.25, -0.2) is 0 Å². The number of hydrogen-bond donors (Lipinski definition) is 0. The molecule has 384 valence electrons. The maximum Gasteiger partial charge on any atom is 0.179 e. The summed E-state index contributed by atoms with van der Waals surface area (Å²) >= 11 is 0. The third-order valence-electron chi connectivity index (χ3n) is 17.0. The summed E-state index contributed by atoms with van der Waals surface area (Å²) < 4.78 is 0. The second-order valence-electron chi connectivity index (χ2n) is 21.9. The van der Waals surface area contributed by atoms with Crippen molar-refractivity contribution in [3.05, 3.63) is 333 Å². The van der Waals surface area contributed by atoms with Crippen LogP contribution >= 0.6 is 0 Å². The molecule has 0 bridgehead atoms. The van der Waals surface area contributed by atoms with Gasteiger partial charge >= 0.3 is 0 Å². The third kappa shape index (κ3) is 8.55. The van der Waals surface area contributed by atoms with E-state index >= 15 is 0 Å². The molecular formula is C79H59NSi. The zero-order valence-electron chi connectivity index (χ0n) is 45.5. The number of hydrogen-bond acceptors (Lipinski definition) is 1. The fourth-order valence-electron chi connectivity index (χ4n) is 13.3. The van der Waals surface area contributed by atoms with Gasteiger partial charge in [-0.15, -0.1) is 0 Å². The van der Waals surface area contributed by atoms with Gasteiger partial charge in [0.2, 0.25) is 0 Å². The highest BCUT2D eigenvalue weighted by Crippen LogP contribution is 2.54. The van der Waals surface area contributed by atoms with E-state index < -0.39 is 8.07 Å². The Morgan fingerprint density at radius 2 is 0.580 bits per heavy atom. The molecule has 0 heterocycles. The minimum absolute atomic E-state index is 0.285.